The SMILES string of the molecule is N#C/C(=C\c1ccc(NCCN2CCOCC2)cc1)SNC1CC(O)COC1O. The number of ether oxygens (including phenoxy) is 2. The number of rotatable bonds is 8. The molecule has 9 heteroatoms. The van der Waals surface area contributed by atoms with E-state index in [0.717, 1.165) is 62.6 Å². The molecule has 1 aromatic carbocycles. The number of nitrogens with zero attached hydrogens (tertiary/aromatic N) is 2. The van der Waals surface area contributed by atoms with E-state index < -0.39 is 18.4 Å². The van der Waals surface area contributed by atoms with Gasteiger partial charge >= 0.3 is 0 Å². The van der Waals surface area contributed by atoms with Gasteiger partial charge in [-0.25, -0.2) is 0 Å². The average Bonchev–Trinajstić information content (AvgIpc) is 2.75. The first kappa shape index (κ1) is 22.1. The minimum Gasteiger partial charge on any atom is -0.391 e. The van der Waals surface area contributed by atoms with Crippen LogP contribution in [0.25, 0.3) is 6.08 Å². The summed E-state index contributed by atoms with van der Waals surface area (Å²) in [4.78, 5) is 2.84. The van der Waals surface area contributed by atoms with Crippen LogP contribution in [0.1, 0.15) is 12.0 Å². The normalized spacial score (nSPS) is 26.1. The highest BCUT2D eigenvalue weighted by Crippen LogP contribution is 2.21. The van der Waals surface area contributed by atoms with Gasteiger partial charge in [-0.2, -0.15) is 5.26 Å². The second-order valence-electron chi connectivity index (χ2n) is 7.06. The van der Waals surface area contributed by atoms with Crippen molar-refractivity contribution >= 4 is 23.7 Å². The number of nitriles is 1. The molecule has 0 amide bonds. The zero-order chi connectivity index (χ0) is 20.5. The molecule has 158 valence electrons. The first-order valence-electron chi connectivity index (χ1n) is 9.80. The van der Waals surface area contributed by atoms with E-state index in [9.17, 15) is 15.5 Å². The van der Waals surface area contributed by atoms with Crippen LogP contribution in [0.4, 0.5) is 5.69 Å². The molecule has 3 rings (SSSR count). The molecular formula is C20H28N4O4S. The summed E-state index contributed by atoms with van der Waals surface area (Å²) in [7, 11) is 0. The number of nitrogens with one attached hydrogen (secondary N) is 2. The van der Waals surface area contributed by atoms with E-state index in [2.05, 4.69) is 21.0 Å². The zero-order valence-electron chi connectivity index (χ0n) is 16.3. The maximum absolute atomic E-state index is 9.82. The molecule has 0 spiro atoms. The second-order valence-corrected chi connectivity index (χ2v) is 7.94. The Bertz CT molecular complexity index is 703. The molecule has 2 saturated heterocycles. The third kappa shape index (κ3) is 7.28. The Morgan fingerprint density at radius 3 is 2.76 bits per heavy atom. The van der Waals surface area contributed by atoms with Crippen LogP contribution in [0.3, 0.4) is 0 Å². The molecule has 0 aliphatic carbocycles. The minimum absolute atomic E-state index is 0.123. The van der Waals surface area contributed by atoms with Gasteiger partial charge in [0.1, 0.15) is 11.0 Å². The maximum atomic E-state index is 9.82. The van der Waals surface area contributed by atoms with E-state index in [0.29, 0.717) is 11.3 Å². The lowest BCUT2D eigenvalue weighted by atomic mass is 10.1. The van der Waals surface area contributed by atoms with Gasteiger partial charge in [0.2, 0.25) is 0 Å². The number of hydrogen-bond acceptors (Lipinski definition) is 9. The molecule has 2 aliphatic rings. The fourth-order valence-electron chi connectivity index (χ4n) is 3.17. The van der Waals surface area contributed by atoms with Gasteiger partial charge in [0, 0.05) is 31.9 Å². The average molecular weight is 421 g/mol. The van der Waals surface area contributed by atoms with E-state index in [-0.39, 0.29) is 6.61 Å². The number of aliphatic hydroxyl groups excluding tert-OH is 2. The van der Waals surface area contributed by atoms with Crippen LogP contribution < -0.4 is 10.0 Å². The lowest BCUT2D eigenvalue weighted by molar-refractivity contribution is -0.168. The lowest BCUT2D eigenvalue weighted by Crippen LogP contribution is -2.46. The number of allylic oxidation sites excluding steroid dienone is 1. The van der Waals surface area contributed by atoms with Crippen LogP contribution in [-0.4, -0.2) is 79.5 Å². The van der Waals surface area contributed by atoms with Gasteiger partial charge in [-0.05, 0) is 42.1 Å². The molecule has 4 N–H and O–H groups in total. The fourth-order valence-corrected chi connectivity index (χ4v) is 3.90. The molecule has 0 aromatic heterocycles. The molecule has 8 nitrogen and oxygen atoms in total. The van der Waals surface area contributed by atoms with E-state index in [4.69, 9.17) is 9.47 Å². The van der Waals surface area contributed by atoms with Crippen molar-refractivity contribution in [2.24, 2.45) is 0 Å². The summed E-state index contributed by atoms with van der Waals surface area (Å²) in [5, 5.41) is 32.3. The molecule has 29 heavy (non-hydrogen) atoms. The van der Waals surface area contributed by atoms with Crippen molar-refractivity contribution in [1.82, 2.24) is 9.62 Å². The maximum Gasteiger partial charge on any atom is 0.171 e. The summed E-state index contributed by atoms with van der Waals surface area (Å²) in [6.45, 7) is 5.56. The molecule has 1 aromatic rings. The summed E-state index contributed by atoms with van der Waals surface area (Å²) in [5.41, 5.74) is 1.95. The van der Waals surface area contributed by atoms with Crippen LogP contribution in [0.2, 0.25) is 0 Å². The Kier molecular flexibility index (Phi) is 8.76. The Balaban J connectivity index is 1.46. The van der Waals surface area contributed by atoms with E-state index in [1.807, 2.05) is 24.3 Å². The number of hydrogen-bond donors (Lipinski definition) is 4. The molecule has 0 saturated carbocycles. The predicted molar refractivity (Wildman–Crippen MR) is 113 cm³/mol. The van der Waals surface area contributed by atoms with Crippen molar-refractivity contribution in [2.75, 3.05) is 51.3 Å². The van der Waals surface area contributed by atoms with Crippen molar-refractivity contribution in [3.05, 3.63) is 34.7 Å². The Morgan fingerprint density at radius 2 is 2.03 bits per heavy atom. The molecule has 0 bridgehead atoms. The van der Waals surface area contributed by atoms with E-state index in [1.165, 1.54) is 0 Å². The first-order valence-corrected chi connectivity index (χ1v) is 10.6. The molecule has 3 atom stereocenters. The van der Waals surface area contributed by atoms with Crippen molar-refractivity contribution in [1.29, 1.82) is 5.26 Å². The fraction of sp³-hybridized carbons (Fsp3) is 0.550. The minimum atomic E-state index is -0.992. The van der Waals surface area contributed by atoms with Gasteiger partial charge < -0.3 is 25.0 Å². The quantitative estimate of drug-likeness (QED) is 0.362. The van der Waals surface area contributed by atoms with Gasteiger partial charge in [0.05, 0.1) is 32.0 Å². The summed E-state index contributed by atoms with van der Waals surface area (Å²) < 4.78 is 13.4. The van der Waals surface area contributed by atoms with Gasteiger partial charge in [0.25, 0.3) is 0 Å². The second kappa shape index (κ2) is 11.5. The van der Waals surface area contributed by atoms with Crippen LogP contribution in [0, 0.1) is 11.3 Å². The van der Waals surface area contributed by atoms with Gasteiger partial charge in [-0.15, -0.1) is 0 Å². The smallest absolute Gasteiger partial charge is 0.171 e. The molecular weight excluding hydrogens is 392 g/mol. The monoisotopic (exact) mass is 420 g/mol. The van der Waals surface area contributed by atoms with Crippen LogP contribution in [0.5, 0.6) is 0 Å². The molecule has 2 aliphatic heterocycles. The Morgan fingerprint density at radius 1 is 1.28 bits per heavy atom. The standard InChI is InChI=1S/C20H28N4O4S/c21-13-18(29-23-19-12-17(25)14-28-20(19)26)11-15-1-3-16(4-2-15)22-5-6-24-7-9-27-10-8-24/h1-4,11,17,19-20,22-23,25-26H,5-10,12,14H2/b18-11+. The molecule has 2 fully saturated rings. The molecule has 0 radical (unpaired) electrons. The summed E-state index contributed by atoms with van der Waals surface area (Å²) in [6, 6.07) is 9.61. The summed E-state index contributed by atoms with van der Waals surface area (Å²) in [6.07, 6.45) is 0.544. The van der Waals surface area contributed by atoms with Crippen molar-refractivity contribution in [3.63, 3.8) is 0 Å². The van der Waals surface area contributed by atoms with E-state index in [1.54, 1.807) is 6.08 Å². The zero-order valence-corrected chi connectivity index (χ0v) is 17.1. The number of anilines is 1. The predicted octanol–water partition coefficient (Wildman–Crippen LogP) is 1.00. The highest BCUT2D eigenvalue weighted by Gasteiger charge is 2.29. The van der Waals surface area contributed by atoms with Crippen molar-refractivity contribution < 1.29 is 19.7 Å². The Hall–Kier alpha value is -1.64. The Labute approximate surface area is 175 Å². The van der Waals surface area contributed by atoms with Crippen LogP contribution in [0.15, 0.2) is 29.2 Å². The largest absolute Gasteiger partial charge is 0.391 e. The topological polar surface area (TPSA) is 110 Å². The van der Waals surface area contributed by atoms with Gasteiger partial charge in [-0.3, -0.25) is 9.62 Å². The van der Waals surface area contributed by atoms with Gasteiger partial charge in [-0.1, -0.05) is 12.1 Å². The first-order chi connectivity index (χ1) is 14.1. The highest BCUT2D eigenvalue weighted by molar-refractivity contribution is 8.01. The van der Waals surface area contributed by atoms with Crippen molar-refractivity contribution in [2.45, 2.75) is 24.9 Å². The summed E-state index contributed by atoms with van der Waals surface area (Å²) >= 11 is 1.13. The molecule has 3 unspecified atom stereocenters. The lowest BCUT2D eigenvalue weighted by Gasteiger charge is -2.30. The van der Waals surface area contributed by atoms with Gasteiger partial charge in [0.15, 0.2) is 6.29 Å². The highest BCUT2D eigenvalue weighted by atomic mass is 32.2. The third-order valence-electron chi connectivity index (χ3n) is 4.83. The van der Waals surface area contributed by atoms with Crippen LogP contribution in [-0.2, 0) is 9.47 Å². The summed E-state index contributed by atoms with van der Waals surface area (Å²) in [5.74, 6) is 0. The number of morpholine rings is 1. The number of aliphatic hydroxyl groups is 2. The van der Waals surface area contributed by atoms with Crippen molar-refractivity contribution in [3.8, 4) is 6.07 Å². The third-order valence-corrected chi connectivity index (χ3v) is 5.68. The van der Waals surface area contributed by atoms with Crippen LogP contribution >= 0.6 is 11.9 Å². The molecule has 2 heterocycles. The number of benzene rings is 1. The van der Waals surface area contributed by atoms with E-state index >= 15 is 0 Å².